The predicted molar refractivity (Wildman–Crippen MR) is 37.8 cm³/mol. The average molecular weight is 154 g/mol. The standard InChI is InChI=1S/C5H11NO2.ClH/c1-3-5(2,6)4(7)8;/h3,6H2,1-2H3,(H,7,8);1H/t5-;/m1./s1. The van der Waals surface area contributed by atoms with Crippen molar-refractivity contribution in [1.29, 1.82) is 0 Å². The molecule has 1 atom stereocenters. The first-order chi connectivity index (χ1) is 3.50. The first-order valence-corrected chi connectivity index (χ1v) is 2.53. The molecule has 0 aromatic heterocycles. The maximum atomic E-state index is 10.1. The van der Waals surface area contributed by atoms with E-state index in [-0.39, 0.29) is 12.4 Å². The summed E-state index contributed by atoms with van der Waals surface area (Å²) < 4.78 is 0. The highest BCUT2D eigenvalue weighted by Crippen LogP contribution is 2.02. The third-order valence-corrected chi connectivity index (χ3v) is 1.22. The molecule has 56 valence electrons. The highest BCUT2D eigenvalue weighted by Gasteiger charge is 2.24. The molecule has 0 aliphatic carbocycles. The van der Waals surface area contributed by atoms with Gasteiger partial charge < -0.3 is 10.8 Å². The Morgan fingerprint density at radius 1 is 1.78 bits per heavy atom. The molecule has 0 saturated heterocycles. The van der Waals surface area contributed by atoms with Gasteiger partial charge in [-0.25, -0.2) is 0 Å². The van der Waals surface area contributed by atoms with E-state index in [2.05, 4.69) is 0 Å². The lowest BCUT2D eigenvalue weighted by Crippen LogP contribution is -2.43. The van der Waals surface area contributed by atoms with Crippen LogP contribution in [0.4, 0.5) is 0 Å². The molecule has 0 unspecified atom stereocenters. The van der Waals surface area contributed by atoms with Gasteiger partial charge in [-0.15, -0.1) is 12.4 Å². The number of halogens is 1. The quantitative estimate of drug-likeness (QED) is 0.612. The third-order valence-electron chi connectivity index (χ3n) is 1.22. The van der Waals surface area contributed by atoms with Crippen LogP contribution >= 0.6 is 12.4 Å². The fraction of sp³-hybridized carbons (Fsp3) is 0.800. The number of hydrogen-bond donors (Lipinski definition) is 2. The predicted octanol–water partition coefficient (Wildman–Crippen LogP) is 0.620. The van der Waals surface area contributed by atoms with Gasteiger partial charge in [-0.1, -0.05) is 6.92 Å². The van der Waals surface area contributed by atoms with Crippen LogP contribution in [-0.4, -0.2) is 16.6 Å². The molecule has 0 spiro atoms. The first kappa shape index (κ1) is 11.5. The Hall–Kier alpha value is -0.280. The molecular weight excluding hydrogens is 142 g/mol. The maximum Gasteiger partial charge on any atom is 0.323 e. The van der Waals surface area contributed by atoms with Crippen molar-refractivity contribution < 1.29 is 9.90 Å². The smallest absolute Gasteiger partial charge is 0.323 e. The van der Waals surface area contributed by atoms with Gasteiger partial charge in [0.1, 0.15) is 5.54 Å². The van der Waals surface area contributed by atoms with E-state index in [0.29, 0.717) is 6.42 Å². The van der Waals surface area contributed by atoms with E-state index in [1.165, 1.54) is 6.92 Å². The minimum atomic E-state index is -1.04. The Morgan fingerprint density at radius 3 is 2.11 bits per heavy atom. The topological polar surface area (TPSA) is 63.3 Å². The molecule has 9 heavy (non-hydrogen) atoms. The normalized spacial score (nSPS) is 15.4. The van der Waals surface area contributed by atoms with Crippen LogP contribution in [0.25, 0.3) is 0 Å². The summed E-state index contributed by atoms with van der Waals surface area (Å²) in [4.78, 5) is 10.1. The average Bonchev–Trinajstić information content (AvgIpc) is 1.67. The van der Waals surface area contributed by atoms with E-state index in [1.807, 2.05) is 0 Å². The molecule has 0 heterocycles. The van der Waals surface area contributed by atoms with Gasteiger partial charge in [0.25, 0.3) is 0 Å². The molecule has 0 aliphatic rings. The Bertz CT molecular complexity index is 103. The zero-order valence-corrected chi connectivity index (χ0v) is 6.36. The molecule has 0 aromatic rings. The second-order valence-corrected chi connectivity index (χ2v) is 2.08. The minimum Gasteiger partial charge on any atom is -0.480 e. The van der Waals surface area contributed by atoms with Gasteiger partial charge in [-0.3, -0.25) is 4.79 Å². The van der Waals surface area contributed by atoms with Crippen molar-refractivity contribution in [3.8, 4) is 0 Å². The van der Waals surface area contributed by atoms with Gasteiger partial charge in [-0.05, 0) is 13.3 Å². The Balaban J connectivity index is 0. The summed E-state index contributed by atoms with van der Waals surface area (Å²) in [7, 11) is 0. The second-order valence-electron chi connectivity index (χ2n) is 2.08. The molecule has 3 nitrogen and oxygen atoms in total. The van der Waals surface area contributed by atoms with Crippen molar-refractivity contribution in [2.45, 2.75) is 25.8 Å². The molecule has 0 bridgehead atoms. The molecular formula is C5H12ClNO2. The third kappa shape index (κ3) is 3.32. The van der Waals surface area contributed by atoms with Crippen LogP contribution in [0.2, 0.25) is 0 Å². The van der Waals surface area contributed by atoms with Crippen LogP contribution < -0.4 is 5.73 Å². The number of rotatable bonds is 2. The number of carbonyl (C=O) groups is 1. The van der Waals surface area contributed by atoms with Crippen LogP contribution in [-0.2, 0) is 4.79 Å². The first-order valence-electron chi connectivity index (χ1n) is 2.53. The summed E-state index contributed by atoms with van der Waals surface area (Å²) in [5.74, 6) is -0.944. The van der Waals surface area contributed by atoms with Crippen molar-refractivity contribution in [3.63, 3.8) is 0 Å². The zero-order valence-electron chi connectivity index (χ0n) is 5.55. The molecule has 3 N–H and O–H groups in total. The van der Waals surface area contributed by atoms with E-state index in [0.717, 1.165) is 0 Å². The number of hydrogen-bond acceptors (Lipinski definition) is 2. The van der Waals surface area contributed by atoms with Gasteiger partial charge in [0.15, 0.2) is 0 Å². The Morgan fingerprint density at radius 2 is 2.11 bits per heavy atom. The van der Waals surface area contributed by atoms with Crippen molar-refractivity contribution in [2.24, 2.45) is 5.73 Å². The molecule has 0 saturated carbocycles. The number of nitrogens with two attached hydrogens (primary N) is 1. The second kappa shape index (κ2) is 3.69. The van der Waals surface area contributed by atoms with Gasteiger partial charge in [-0.2, -0.15) is 0 Å². The van der Waals surface area contributed by atoms with Crippen molar-refractivity contribution in [1.82, 2.24) is 0 Å². The van der Waals surface area contributed by atoms with Crippen molar-refractivity contribution in [3.05, 3.63) is 0 Å². The van der Waals surface area contributed by atoms with E-state index in [1.54, 1.807) is 6.92 Å². The number of aliphatic carboxylic acids is 1. The molecule has 0 amide bonds. The summed E-state index contributed by atoms with van der Waals surface area (Å²) >= 11 is 0. The SMILES string of the molecule is CC[C@@](C)(N)C(=O)O.Cl. The Labute approximate surface area is 60.6 Å². The molecule has 4 heteroatoms. The molecule has 0 radical (unpaired) electrons. The summed E-state index contributed by atoms with van der Waals surface area (Å²) in [6, 6.07) is 0. The number of carboxylic acid groups (broad SMARTS) is 1. The zero-order chi connectivity index (χ0) is 6.78. The van der Waals surface area contributed by atoms with Crippen LogP contribution in [0.1, 0.15) is 20.3 Å². The lowest BCUT2D eigenvalue weighted by Gasteiger charge is -2.14. The van der Waals surface area contributed by atoms with Gasteiger partial charge in [0.2, 0.25) is 0 Å². The van der Waals surface area contributed by atoms with Crippen LogP contribution in [0.3, 0.4) is 0 Å². The lowest BCUT2D eigenvalue weighted by molar-refractivity contribution is -0.142. The fourth-order valence-electron chi connectivity index (χ4n) is 0.151. The maximum absolute atomic E-state index is 10.1. The minimum absolute atomic E-state index is 0. The van der Waals surface area contributed by atoms with Crippen LogP contribution in [0.15, 0.2) is 0 Å². The van der Waals surface area contributed by atoms with Crippen molar-refractivity contribution in [2.75, 3.05) is 0 Å². The van der Waals surface area contributed by atoms with E-state index in [9.17, 15) is 4.79 Å². The lowest BCUT2D eigenvalue weighted by atomic mass is 10.0. The van der Waals surface area contributed by atoms with Gasteiger partial charge in [0, 0.05) is 0 Å². The van der Waals surface area contributed by atoms with Gasteiger partial charge in [0.05, 0.1) is 0 Å². The largest absolute Gasteiger partial charge is 0.480 e. The van der Waals surface area contributed by atoms with Crippen molar-refractivity contribution >= 4 is 18.4 Å². The summed E-state index contributed by atoms with van der Waals surface area (Å²) in [6.07, 6.45) is 0.461. The molecule has 0 aromatic carbocycles. The van der Waals surface area contributed by atoms with Gasteiger partial charge >= 0.3 is 5.97 Å². The highest BCUT2D eigenvalue weighted by atomic mass is 35.5. The molecule has 0 aliphatic heterocycles. The van der Waals surface area contributed by atoms with E-state index in [4.69, 9.17) is 10.8 Å². The fourth-order valence-corrected chi connectivity index (χ4v) is 0.151. The summed E-state index contributed by atoms with van der Waals surface area (Å²) in [5, 5.41) is 8.32. The van der Waals surface area contributed by atoms with E-state index < -0.39 is 11.5 Å². The van der Waals surface area contributed by atoms with Crippen LogP contribution in [0, 0.1) is 0 Å². The summed E-state index contributed by atoms with van der Waals surface area (Å²) in [6.45, 7) is 3.24. The van der Waals surface area contributed by atoms with Crippen LogP contribution in [0.5, 0.6) is 0 Å². The molecule has 0 rings (SSSR count). The highest BCUT2D eigenvalue weighted by molar-refractivity contribution is 5.85. The molecule has 0 fully saturated rings. The Kier molecular flexibility index (Phi) is 4.72. The monoisotopic (exact) mass is 153 g/mol. The summed E-state index contributed by atoms with van der Waals surface area (Å²) in [5.41, 5.74) is 4.22. The van der Waals surface area contributed by atoms with E-state index >= 15 is 0 Å². The number of carboxylic acids is 1.